The number of nitrogens with two attached hydrogens (primary N) is 1. The van der Waals surface area contributed by atoms with Gasteiger partial charge in [0.2, 0.25) is 0 Å². The average Bonchev–Trinajstić information content (AvgIpc) is 0.781. The number of halogens is 1. The molecule has 1 radical (unpaired) electrons. The first kappa shape index (κ1) is 131. The molecule has 0 heterocycles. The van der Waals surface area contributed by atoms with Crippen molar-refractivity contribution in [1.82, 2.24) is 9.80 Å². The van der Waals surface area contributed by atoms with Crippen LogP contribution >= 0.6 is 11.6 Å². The molecule has 11 aromatic carbocycles. The Bertz CT molecular complexity index is 4670. The van der Waals surface area contributed by atoms with Crippen LogP contribution in [0.4, 0.5) is 0 Å². The van der Waals surface area contributed by atoms with Crippen molar-refractivity contribution in [3.63, 3.8) is 0 Å². The summed E-state index contributed by atoms with van der Waals surface area (Å²) in [6, 6.07) is 80.6. The van der Waals surface area contributed by atoms with Crippen LogP contribution in [-0.2, 0) is 139 Å². The van der Waals surface area contributed by atoms with E-state index in [1.807, 2.05) is 200 Å². The van der Waals surface area contributed by atoms with Crippen molar-refractivity contribution in [2.75, 3.05) is 19.6 Å². The van der Waals surface area contributed by atoms with E-state index in [0.717, 1.165) is 89.0 Å². The molecule has 0 fully saturated rings. The number of phenolic OH excluding ortho intramolecular Hbond substituents is 5. The van der Waals surface area contributed by atoms with Crippen LogP contribution in [-0.4, -0.2) is 55.0 Å². The minimum Gasteiger partial charge on any atom is -0.507 e. The molecule has 11 rings (SSSR count). The predicted molar refractivity (Wildman–Crippen MR) is 597 cm³/mol. The van der Waals surface area contributed by atoms with Gasteiger partial charge < -0.3 is 31.3 Å². The molecule has 0 aliphatic heterocycles. The molecule has 0 saturated carbocycles. The summed E-state index contributed by atoms with van der Waals surface area (Å²) in [6.07, 6.45) is 5.44. The van der Waals surface area contributed by atoms with Crippen molar-refractivity contribution in [1.29, 1.82) is 0 Å². The number of benzene rings is 11. The standard InChI is InChI=1S/2C33H51NO2.C15H23ClO.6C7H7.C3H7N.CH4.2Zr/c2*1-14-15-34(20-22-16-24(30(2,3)4)18-26(28(22)35)32(8,9)10)21-23-17-25(31(5,6)7)19-27(29(23)36)33(11,12)13;1-14(2,3)11-7-10(9-16)13(17)12(8-11)15(4,5)6;6*1-7-5-3-2-4-6-7;1-2-3-4;;;/h2*14,16-19,35-36H,1,15,20-21H2,2-13H3;7-8,17H,9H2,1-6H3;6*2-6H,1H2;2H,1,3-4H2;1H4;;/q;;;6*-1;;;+3;+4. The van der Waals surface area contributed by atoms with Crippen molar-refractivity contribution in [2.45, 2.75) is 301 Å². The SMILES string of the molecule is C.C=CCN.C=CCN(Cc1cc(C(C)(C)C)cc(C(C)(C)C)c1O)Cc1cc(C(C)(C)C)cc(C(C)(C)C)c1O.C=CCN(Cc1cc(C(C)(C)C)cc(C(C)(C)C)c1O)Cc1cc(C(C)(C)C)cc(C(C)(C)C)c1O.CC(C)(C)c1cc(CCl)c(O)c(C(C)(C)C)c1.[CH2-]c1ccccc1.[CH2-]c1ccccc1.[CH2-]c1ccccc1.[CH2-]c1ccccc1.[CH2-]c1ccccc1.[CH2-]c1ccccc1.[Zr+3].[Zr+4]. The number of phenols is 5. The first-order chi connectivity index (χ1) is 62.2. The summed E-state index contributed by atoms with van der Waals surface area (Å²) in [5.74, 6) is 2.17. The van der Waals surface area contributed by atoms with Crippen LogP contribution in [0.15, 0.2) is 281 Å². The van der Waals surface area contributed by atoms with Crippen LogP contribution in [0.1, 0.15) is 332 Å². The quantitative estimate of drug-likeness (QED) is 0.0360. The van der Waals surface area contributed by atoms with Crippen molar-refractivity contribution in [3.8, 4) is 28.7 Å². The van der Waals surface area contributed by atoms with E-state index in [0.29, 0.717) is 80.4 Å². The van der Waals surface area contributed by atoms with Gasteiger partial charge >= 0.3 is 52.4 Å². The second-order valence-corrected chi connectivity index (χ2v) is 45.4. The third-order valence-corrected chi connectivity index (χ3v) is 22.3. The molecule has 745 valence electrons. The van der Waals surface area contributed by atoms with Gasteiger partial charge in [-0.05, 0) is 110 Å². The van der Waals surface area contributed by atoms with Gasteiger partial charge in [-0.15, -0.1) is 104 Å². The second-order valence-electron chi connectivity index (χ2n) is 45.1. The van der Waals surface area contributed by atoms with Crippen molar-refractivity contribution >= 4 is 11.6 Å². The van der Waals surface area contributed by atoms with E-state index in [2.05, 4.69) is 333 Å². The van der Waals surface area contributed by atoms with E-state index >= 15 is 0 Å². The Morgan fingerprint density at radius 2 is 0.399 bits per heavy atom. The second kappa shape index (κ2) is 59.5. The molecular formula is C127H178ClN3O5Zr2+. The van der Waals surface area contributed by atoms with Crippen LogP contribution in [0, 0.1) is 41.5 Å². The van der Waals surface area contributed by atoms with E-state index in [-0.39, 0.29) is 114 Å². The van der Waals surface area contributed by atoms with E-state index in [9.17, 15) is 25.5 Å². The smallest absolute Gasteiger partial charge is 0.507 e. The van der Waals surface area contributed by atoms with Gasteiger partial charge in [0.05, 0.1) is 5.88 Å². The number of hydrogen-bond donors (Lipinski definition) is 6. The first-order valence-corrected chi connectivity index (χ1v) is 47.8. The minimum atomic E-state index is -0.176. The van der Waals surface area contributed by atoms with Crippen LogP contribution in [0.5, 0.6) is 28.7 Å². The molecule has 7 N–H and O–H groups in total. The predicted octanol–water partition coefficient (Wildman–Crippen LogP) is 33.7. The van der Waals surface area contributed by atoms with Gasteiger partial charge in [0, 0.05) is 73.6 Å². The summed E-state index contributed by atoms with van der Waals surface area (Å²) < 4.78 is 0. The summed E-state index contributed by atoms with van der Waals surface area (Å²) in [4.78, 5) is 4.49. The summed E-state index contributed by atoms with van der Waals surface area (Å²) in [6.45, 7) is 103. The van der Waals surface area contributed by atoms with E-state index < -0.39 is 0 Å². The van der Waals surface area contributed by atoms with E-state index in [4.69, 9.17) is 17.3 Å². The topological polar surface area (TPSA) is 134 Å². The fourth-order valence-electron chi connectivity index (χ4n) is 13.6. The van der Waals surface area contributed by atoms with Gasteiger partial charge in [0.15, 0.2) is 0 Å². The van der Waals surface area contributed by atoms with Crippen LogP contribution in [0.3, 0.4) is 0 Å². The minimum absolute atomic E-state index is 0. The fourth-order valence-corrected chi connectivity index (χ4v) is 13.9. The molecule has 0 aliphatic rings. The largest absolute Gasteiger partial charge is 4.00 e. The normalized spacial score (nSPS) is 11.3. The molecule has 0 atom stereocenters. The summed E-state index contributed by atoms with van der Waals surface area (Å²) in [7, 11) is 0. The van der Waals surface area contributed by atoms with Crippen LogP contribution in [0.25, 0.3) is 0 Å². The Morgan fingerprint density at radius 1 is 0.261 bits per heavy atom. The average molecular weight is 2040 g/mol. The van der Waals surface area contributed by atoms with Crippen molar-refractivity contribution in [2.24, 2.45) is 5.73 Å². The summed E-state index contributed by atoms with van der Waals surface area (Å²) in [5, 5.41) is 55.6. The van der Waals surface area contributed by atoms with Gasteiger partial charge in [0.25, 0.3) is 0 Å². The maximum atomic E-state index is 11.4. The van der Waals surface area contributed by atoms with Gasteiger partial charge in [-0.1, -0.05) is 330 Å². The third-order valence-electron chi connectivity index (χ3n) is 22.0. The Morgan fingerprint density at radius 3 is 0.500 bits per heavy atom. The summed E-state index contributed by atoms with van der Waals surface area (Å²) >= 11 is 5.92. The molecule has 0 aromatic heterocycles. The van der Waals surface area contributed by atoms with Gasteiger partial charge in [-0.25, -0.2) is 0 Å². The number of aromatic hydroxyl groups is 5. The Kier molecular flexibility index (Phi) is 56.4. The van der Waals surface area contributed by atoms with Crippen LogP contribution in [0.2, 0.25) is 0 Å². The zero-order valence-corrected chi connectivity index (χ0v) is 95.6. The Labute approximate surface area is 886 Å². The van der Waals surface area contributed by atoms with Gasteiger partial charge in [-0.2, -0.15) is 148 Å². The van der Waals surface area contributed by atoms with E-state index in [1.54, 1.807) is 6.08 Å². The number of rotatable bonds is 14. The maximum Gasteiger partial charge on any atom is 4.00 e. The Hall–Kier alpha value is -9.20. The van der Waals surface area contributed by atoms with Gasteiger partial charge in [0.1, 0.15) is 28.7 Å². The van der Waals surface area contributed by atoms with Crippen molar-refractivity contribution < 1.29 is 77.9 Å². The number of alkyl halides is 1. The molecule has 0 spiro atoms. The van der Waals surface area contributed by atoms with Crippen LogP contribution < -0.4 is 5.73 Å². The molecule has 0 saturated heterocycles. The molecule has 0 unspecified atom stereocenters. The number of hydrogen-bond acceptors (Lipinski definition) is 8. The van der Waals surface area contributed by atoms with Crippen molar-refractivity contribution in [3.05, 3.63) is 439 Å². The maximum absolute atomic E-state index is 11.4. The number of nitrogens with zero attached hydrogens (tertiary/aromatic N) is 2. The fraction of sp³-hybridized carbons (Fsp3) is 0.386. The zero-order valence-electron chi connectivity index (χ0n) is 89.9. The zero-order chi connectivity index (χ0) is 103. The van der Waals surface area contributed by atoms with E-state index in [1.165, 1.54) is 27.8 Å². The molecule has 138 heavy (non-hydrogen) atoms. The molecular weight excluding hydrogens is 1870 g/mol. The molecule has 0 aliphatic carbocycles. The molecule has 8 nitrogen and oxygen atoms in total. The third kappa shape index (κ3) is 48.3. The van der Waals surface area contributed by atoms with Gasteiger partial charge in [-0.3, -0.25) is 9.80 Å². The molecule has 0 amide bonds. The summed E-state index contributed by atoms with van der Waals surface area (Å²) in [5.41, 5.74) is 25.9. The Balaban J connectivity index is 0. The molecule has 11 heteroatoms. The molecule has 11 aromatic rings. The first-order valence-electron chi connectivity index (χ1n) is 47.3. The monoisotopic (exact) mass is 2040 g/mol. The molecule has 0 bridgehead atoms.